The molecule has 1 amide bonds. The molecule has 194 valence electrons. The zero-order valence-corrected chi connectivity index (χ0v) is 22.9. The summed E-state index contributed by atoms with van der Waals surface area (Å²) >= 11 is 1.38. The number of nitrogens with one attached hydrogen (secondary N) is 1. The highest BCUT2D eigenvalue weighted by Crippen LogP contribution is 2.34. The normalized spacial score (nSPS) is 12.2. The number of hydrogen-bond donors (Lipinski definition) is 1. The minimum atomic E-state index is -3.85. The zero-order valence-electron chi connectivity index (χ0n) is 21.2. The average Bonchev–Trinajstić information content (AvgIpc) is 3.35. The summed E-state index contributed by atoms with van der Waals surface area (Å²) in [5, 5.41) is 3.88. The van der Waals surface area contributed by atoms with Crippen molar-refractivity contribution in [1.29, 1.82) is 0 Å². The number of amides is 1. The van der Waals surface area contributed by atoms with Crippen LogP contribution in [0.25, 0.3) is 10.1 Å². The third-order valence-electron chi connectivity index (χ3n) is 6.19. The van der Waals surface area contributed by atoms with Crippen LogP contribution >= 0.6 is 11.3 Å². The van der Waals surface area contributed by atoms with Gasteiger partial charge in [-0.15, -0.1) is 11.3 Å². The molecule has 0 aliphatic carbocycles. The van der Waals surface area contributed by atoms with Gasteiger partial charge < -0.3 is 14.8 Å². The van der Waals surface area contributed by atoms with Gasteiger partial charge in [-0.05, 0) is 67.1 Å². The Hall–Kier alpha value is -3.56. The molecule has 1 aromatic heterocycles. The number of sulfonamides is 1. The zero-order chi connectivity index (χ0) is 26.6. The van der Waals surface area contributed by atoms with Crippen LogP contribution in [0.15, 0.2) is 77.7 Å². The lowest BCUT2D eigenvalue weighted by Gasteiger charge is -2.20. The first kappa shape index (κ1) is 26.5. The van der Waals surface area contributed by atoms with Crippen molar-refractivity contribution in [2.45, 2.75) is 30.7 Å². The molecule has 1 N–H and O–H groups in total. The smallest absolute Gasteiger partial charge is 0.264 e. The summed E-state index contributed by atoms with van der Waals surface area (Å²) < 4.78 is 39.2. The van der Waals surface area contributed by atoms with Crippen LogP contribution in [-0.2, 0) is 16.4 Å². The van der Waals surface area contributed by atoms with Gasteiger partial charge in [0.2, 0.25) is 0 Å². The first-order valence-corrected chi connectivity index (χ1v) is 14.1. The second-order valence-corrected chi connectivity index (χ2v) is 11.8. The second kappa shape index (κ2) is 11.2. The van der Waals surface area contributed by atoms with Crippen LogP contribution < -0.4 is 19.1 Å². The molecule has 0 spiro atoms. The van der Waals surface area contributed by atoms with E-state index in [2.05, 4.69) is 17.4 Å². The Kier molecular flexibility index (Phi) is 8.04. The lowest BCUT2D eigenvalue weighted by atomic mass is 10.1. The molecule has 0 aliphatic heterocycles. The number of aryl methyl sites for hydroxylation is 1. The SMILES string of the molecule is COc1ccc(S(=O)(=O)N(C)c2ccc3sc(C(=O)N[C@@H](C)CCc4ccccc4)cc3c2)cc1OC. The molecule has 0 saturated carbocycles. The highest BCUT2D eigenvalue weighted by molar-refractivity contribution is 7.92. The maximum atomic E-state index is 13.3. The largest absolute Gasteiger partial charge is 0.493 e. The Morgan fingerprint density at radius 1 is 0.973 bits per heavy atom. The molecule has 0 aliphatic rings. The molecule has 4 rings (SSSR count). The molecule has 0 bridgehead atoms. The summed E-state index contributed by atoms with van der Waals surface area (Å²) in [4.78, 5) is 13.6. The van der Waals surface area contributed by atoms with Crippen molar-refractivity contribution >= 4 is 43.0 Å². The highest BCUT2D eigenvalue weighted by atomic mass is 32.2. The molecular weight excluding hydrogens is 508 g/mol. The van der Waals surface area contributed by atoms with E-state index in [1.165, 1.54) is 54.6 Å². The van der Waals surface area contributed by atoms with E-state index in [1.807, 2.05) is 31.2 Å². The third-order valence-corrected chi connectivity index (χ3v) is 9.08. The van der Waals surface area contributed by atoms with Gasteiger partial charge >= 0.3 is 0 Å². The molecule has 9 heteroatoms. The van der Waals surface area contributed by atoms with Crippen LogP contribution in [0.2, 0.25) is 0 Å². The van der Waals surface area contributed by atoms with Gasteiger partial charge in [0, 0.05) is 23.9 Å². The number of carbonyl (C=O) groups is 1. The molecular formula is C28H30N2O5S2. The quantitative estimate of drug-likeness (QED) is 0.288. The van der Waals surface area contributed by atoms with Gasteiger partial charge in [0.1, 0.15) is 0 Å². The van der Waals surface area contributed by atoms with Crippen molar-refractivity contribution in [1.82, 2.24) is 5.32 Å². The van der Waals surface area contributed by atoms with Gasteiger partial charge in [-0.25, -0.2) is 8.42 Å². The Morgan fingerprint density at radius 2 is 1.70 bits per heavy atom. The third kappa shape index (κ3) is 5.89. The first-order chi connectivity index (χ1) is 17.7. The van der Waals surface area contributed by atoms with E-state index in [1.54, 1.807) is 24.3 Å². The molecule has 1 atom stereocenters. The van der Waals surface area contributed by atoms with E-state index in [9.17, 15) is 13.2 Å². The predicted octanol–water partition coefficient (Wildman–Crippen LogP) is 5.49. The van der Waals surface area contributed by atoms with Crippen LogP contribution in [0.5, 0.6) is 11.5 Å². The number of fused-ring (bicyclic) bond motifs is 1. The Balaban J connectivity index is 1.49. The van der Waals surface area contributed by atoms with Crippen LogP contribution in [0, 0.1) is 0 Å². The molecule has 7 nitrogen and oxygen atoms in total. The Labute approximate surface area is 221 Å². The number of methoxy groups -OCH3 is 2. The summed E-state index contributed by atoms with van der Waals surface area (Å²) in [5.41, 5.74) is 1.73. The summed E-state index contributed by atoms with van der Waals surface area (Å²) in [5.74, 6) is 0.650. The van der Waals surface area contributed by atoms with E-state index in [-0.39, 0.29) is 16.8 Å². The van der Waals surface area contributed by atoms with Crippen molar-refractivity contribution in [3.63, 3.8) is 0 Å². The molecule has 0 saturated heterocycles. The lowest BCUT2D eigenvalue weighted by Crippen LogP contribution is -2.32. The molecule has 0 fully saturated rings. The van der Waals surface area contributed by atoms with E-state index in [4.69, 9.17) is 9.47 Å². The maximum Gasteiger partial charge on any atom is 0.264 e. The minimum absolute atomic E-state index is 0.0197. The number of benzene rings is 3. The highest BCUT2D eigenvalue weighted by Gasteiger charge is 2.24. The monoisotopic (exact) mass is 538 g/mol. The summed E-state index contributed by atoms with van der Waals surface area (Å²) in [6.07, 6.45) is 1.72. The summed E-state index contributed by atoms with van der Waals surface area (Å²) in [6.45, 7) is 2.00. The van der Waals surface area contributed by atoms with Gasteiger partial charge in [0.25, 0.3) is 15.9 Å². The fourth-order valence-electron chi connectivity index (χ4n) is 4.01. The maximum absolute atomic E-state index is 13.3. The lowest BCUT2D eigenvalue weighted by molar-refractivity contribution is 0.0942. The van der Waals surface area contributed by atoms with E-state index < -0.39 is 10.0 Å². The predicted molar refractivity (Wildman–Crippen MR) is 149 cm³/mol. The van der Waals surface area contributed by atoms with Gasteiger partial charge in [0.15, 0.2) is 11.5 Å². The van der Waals surface area contributed by atoms with Crippen LogP contribution in [-0.4, -0.2) is 41.6 Å². The second-order valence-electron chi connectivity index (χ2n) is 8.72. The van der Waals surface area contributed by atoms with Crippen molar-refractivity contribution in [2.24, 2.45) is 0 Å². The average molecular weight is 539 g/mol. The van der Waals surface area contributed by atoms with Crippen LogP contribution in [0.3, 0.4) is 0 Å². The van der Waals surface area contributed by atoms with E-state index >= 15 is 0 Å². The number of thiophene rings is 1. The topological polar surface area (TPSA) is 84.9 Å². The van der Waals surface area contributed by atoms with Gasteiger partial charge in [0.05, 0.1) is 29.7 Å². The fourth-order valence-corrected chi connectivity index (χ4v) is 6.16. The van der Waals surface area contributed by atoms with E-state index in [0.717, 1.165) is 22.9 Å². The van der Waals surface area contributed by atoms with Crippen LogP contribution in [0.4, 0.5) is 5.69 Å². The molecule has 37 heavy (non-hydrogen) atoms. The van der Waals surface area contributed by atoms with Gasteiger partial charge in [-0.2, -0.15) is 0 Å². The van der Waals surface area contributed by atoms with Crippen molar-refractivity contribution in [3.05, 3.63) is 83.2 Å². The van der Waals surface area contributed by atoms with Crippen LogP contribution in [0.1, 0.15) is 28.6 Å². The number of hydrogen-bond acceptors (Lipinski definition) is 6. The molecule has 0 unspecified atom stereocenters. The Bertz CT molecular complexity index is 1500. The number of nitrogens with zero attached hydrogens (tertiary/aromatic N) is 1. The standard InChI is InChI=1S/C28H30N2O5S2/c1-19(10-11-20-8-6-5-7-9-20)29-28(31)27-17-21-16-22(12-15-26(21)36-27)30(2)37(32,33)23-13-14-24(34-3)25(18-23)35-4/h5-9,12-19H,10-11H2,1-4H3,(H,29,31)/t19-/m0/s1. The fraction of sp³-hybridized carbons (Fsp3) is 0.250. The molecule has 1 heterocycles. The van der Waals surface area contributed by atoms with Gasteiger partial charge in [-0.1, -0.05) is 30.3 Å². The minimum Gasteiger partial charge on any atom is -0.493 e. The number of rotatable bonds is 10. The number of anilines is 1. The number of carbonyl (C=O) groups excluding carboxylic acids is 1. The first-order valence-electron chi connectivity index (χ1n) is 11.8. The van der Waals surface area contributed by atoms with Crippen molar-refractivity contribution in [2.75, 3.05) is 25.6 Å². The van der Waals surface area contributed by atoms with E-state index in [0.29, 0.717) is 22.1 Å². The Morgan fingerprint density at radius 3 is 2.41 bits per heavy atom. The van der Waals surface area contributed by atoms with Gasteiger partial charge in [-0.3, -0.25) is 9.10 Å². The molecule has 3 aromatic carbocycles. The summed E-state index contributed by atoms with van der Waals surface area (Å²) in [6, 6.07) is 21.9. The van der Waals surface area contributed by atoms with Crippen molar-refractivity contribution < 1.29 is 22.7 Å². The van der Waals surface area contributed by atoms with Crippen molar-refractivity contribution in [3.8, 4) is 11.5 Å². The summed E-state index contributed by atoms with van der Waals surface area (Å²) in [7, 11) is 0.603. The molecule has 0 radical (unpaired) electrons. The number of ether oxygens (including phenoxy) is 2. The molecule has 4 aromatic rings.